The number of amides is 1. The summed E-state index contributed by atoms with van der Waals surface area (Å²) in [7, 11) is 4.05. The minimum atomic E-state index is 0.0534. The van der Waals surface area contributed by atoms with Gasteiger partial charge in [0, 0.05) is 53.9 Å². The molecule has 1 fully saturated rings. The first kappa shape index (κ1) is 18.4. The Morgan fingerprint density at radius 1 is 1.00 bits per heavy atom. The number of carbonyl (C=O) groups excluding carboxylic acids is 1. The quantitative estimate of drug-likeness (QED) is 0.473. The fourth-order valence-electron chi connectivity index (χ4n) is 5.73. The Bertz CT molecular complexity index is 1300. The Kier molecular flexibility index (Phi) is 4.07. The standard InChI is InChI=1S/C26H26N4O/c1-28-15-14-19-20(11-7-12-22(19)28)26(31)30-18-10-6-13-23(30)24-21(16-18)25(29(2)27-24)17-8-4-3-5-9-17/h3-5,7-9,11-12,14-15,18,23H,6,10,13,16H2,1-2H3/t18-,23+/m1/s1. The molecule has 156 valence electrons. The van der Waals surface area contributed by atoms with E-state index in [1.165, 1.54) is 16.8 Å². The van der Waals surface area contributed by atoms with Gasteiger partial charge in [-0.25, -0.2) is 0 Å². The molecule has 0 unspecified atom stereocenters. The van der Waals surface area contributed by atoms with Crippen LogP contribution in [0, 0.1) is 0 Å². The fourth-order valence-corrected chi connectivity index (χ4v) is 5.73. The maximum absolute atomic E-state index is 13.9. The zero-order chi connectivity index (χ0) is 21.1. The molecule has 6 rings (SSSR count). The van der Waals surface area contributed by atoms with Crippen LogP contribution in [-0.2, 0) is 20.5 Å². The second kappa shape index (κ2) is 6.84. The maximum Gasteiger partial charge on any atom is 0.255 e. The molecule has 5 heteroatoms. The molecule has 1 saturated heterocycles. The van der Waals surface area contributed by atoms with Crippen LogP contribution in [0.4, 0.5) is 0 Å². The zero-order valence-electron chi connectivity index (χ0n) is 18.0. The summed E-state index contributed by atoms with van der Waals surface area (Å²) in [5.74, 6) is 0.143. The van der Waals surface area contributed by atoms with Gasteiger partial charge in [0.25, 0.3) is 5.91 Å². The predicted molar refractivity (Wildman–Crippen MR) is 122 cm³/mol. The van der Waals surface area contributed by atoms with Crippen LogP contribution in [0.15, 0.2) is 60.8 Å². The maximum atomic E-state index is 13.9. The summed E-state index contributed by atoms with van der Waals surface area (Å²) in [5.41, 5.74) is 6.71. The molecular formula is C26H26N4O. The third-order valence-electron chi connectivity index (χ3n) is 7.12. The summed E-state index contributed by atoms with van der Waals surface area (Å²) in [6.45, 7) is 0. The van der Waals surface area contributed by atoms with Crippen molar-refractivity contribution < 1.29 is 4.79 Å². The van der Waals surface area contributed by atoms with Gasteiger partial charge < -0.3 is 9.47 Å². The molecule has 2 aliphatic rings. The normalized spacial score (nSPS) is 20.1. The lowest BCUT2D eigenvalue weighted by molar-refractivity contribution is 0.0394. The molecule has 0 aliphatic carbocycles. The van der Waals surface area contributed by atoms with Crippen LogP contribution in [-0.4, -0.2) is 31.2 Å². The van der Waals surface area contributed by atoms with Crippen molar-refractivity contribution in [2.75, 3.05) is 0 Å². The van der Waals surface area contributed by atoms with Crippen LogP contribution in [0.2, 0.25) is 0 Å². The molecule has 2 aromatic carbocycles. The van der Waals surface area contributed by atoms with E-state index in [1.807, 2.05) is 43.2 Å². The molecule has 4 heterocycles. The van der Waals surface area contributed by atoms with E-state index in [0.29, 0.717) is 0 Å². The predicted octanol–water partition coefficient (Wildman–Crippen LogP) is 4.87. The van der Waals surface area contributed by atoms with E-state index in [4.69, 9.17) is 5.10 Å². The SMILES string of the molecule is Cn1nc2c(c1-c1ccccc1)C[C@H]1CCC[C@@H]2N1C(=O)c1cccc2c1ccn2C. The van der Waals surface area contributed by atoms with Crippen LogP contribution in [0.1, 0.15) is 46.9 Å². The molecule has 2 aromatic heterocycles. The Morgan fingerprint density at radius 3 is 2.68 bits per heavy atom. The van der Waals surface area contributed by atoms with Crippen molar-refractivity contribution in [3.8, 4) is 11.3 Å². The minimum Gasteiger partial charge on any atom is -0.351 e. The average Bonchev–Trinajstić information content (AvgIpc) is 3.33. The topological polar surface area (TPSA) is 43.1 Å². The smallest absolute Gasteiger partial charge is 0.255 e. The van der Waals surface area contributed by atoms with Crippen molar-refractivity contribution >= 4 is 16.8 Å². The second-order valence-corrected chi connectivity index (χ2v) is 8.88. The van der Waals surface area contributed by atoms with Crippen molar-refractivity contribution in [1.82, 2.24) is 19.2 Å². The largest absolute Gasteiger partial charge is 0.351 e. The van der Waals surface area contributed by atoms with Crippen molar-refractivity contribution in [2.24, 2.45) is 14.1 Å². The van der Waals surface area contributed by atoms with E-state index in [9.17, 15) is 4.79 Å². The Hall–Kier alpha value is -3.34. The van der Waals surface area contributed by atoms with Gasteiger partial charge >= 0.3 is 0 Å². The molecule has 0 radical (unpaired) electrons. The summed E-state index contributed by atoms with van der Waals surface area (Å²) in [4.78, 5) is 16.0. The molecule has 31 heavy (non-hydrogen) atoms. The van der Waals surface area contributed by atoms with Crippen molar-refractivity contribution in [3.63, 3.8) is 0 Å². The number of rotatable bonds is 2. The number of nitrogens with zero attached hydrogens (tertiary/aromatic N) is 4. The summed E-state index contributed by atoms with van der Waals surface area (Å²) in [5, 5.41) is 5.99. The minimum absolute atomic E-state index is 0.0534. The number of carbonyl (C=O) groups is 1. The summed E-state index contributed by atoms with van der Waals surface area (Å²) in [6.07, 6.45) is 6.08. The molecule has 2 bridgehead atoms. The van der Waals surface area contributed by atoms with E-state index in [-0.39, 0.29) is 18.0 Å². The highest BCUT2D eigenvalue weighted by atomic mass is 16.2. The molecule has 4 aromatic rings. The van der Waals surface area contributed by atoms with Gasteiger partial charge in [-0.15, -0.1) is 0 Å². The molecule has 0 saturated carbocycles. The number of piperidine rings is 1. The number of benzene rings is 2. The molecule has 2 aliphatic heterocycles. The Labute approximate surface area is 181 Å². The average molecular weight is 411 g/mol. The van der Waals surface area contributed by atoms with E-state index in [1.54, 1.807) is 0 Å². The molecule has 1 amide bonds. The second-order valence-electron chi connectivity index (χ2n) is 8.88. The van der Waals surface area contributed by atoms with Crippen LogP contribution in [0.5, 0.6) is 0 Å². The van der Waals surface area contributed by atoms with E-state index >= 15 is 0 Å². The first-order chi connectivity index (χ1) is 15.1. The molecule has 2 atom stereocenters. The Morgan fingerprint density at radius 2 is 1.84 bits per heavy atom. The van der Waals surface area contributed by atoms with Gasteiger partial charge in [0.2, 0.25) is 0 Å². The lowest BCUT2D eigenvalue weighted by Crippen LogP contribution is -2.49. The fraction of sp³-hybridized carbons (Fsp3) is 0.308. The molecule has 5 nitrogen and oxygen atoms in total. The molecular weight excluding hydrogens is 384 g/mol. The van der Waals surface area contributed by atoms with Gasteiger partial charge in [-0.05, 0) is 43.9 Å². The van der Waals surface area contributed by atoms with Gasteiger partial charge in [-0.2, -0.15) is 5.10 Å². The number of fused-ring (bicyclic) bond motifs is 5. The highest BCUT2D eigenvalue weighted by molar-refractivity contribution is 6.07. The Balaban J connectivity index is 1.46. The van der Waals surface area contributed by atoms with Crippen LogP contribution < -0.4 is 0 Å². The summed E-state index contributed by atoms with van der Waals surface area (Å²) < 4.78 is 4.09. The molecule has 0 spiro atoms. The highest BCUT2D eigenvalue weighted by Gasteiger charge is 2.43. The van der Waals surface area contributed by atoms with Crippen LogP contribution in [0.3, 0.4) is 0 Å². The monoisotopic (exact) mass is 410 g/mol. The number of aromatic nitrogens is 3. The van der Waals surface area contributed by atoms with Crippen LogP contribution >= 0.6 is 0 Å². The third-order valence-corrected chi connectivity index (χ3v) is 7.12. The highest BCUT2D eigenvalue weighted by Crippen LogP contribution is 2.45. The lowest BCUT2D eigenvalue weighted by Gasteiger charge is -2.45. The van der Waals surface area contributed by atoms with E-state index in [2.05, 4.69) is 45.9 Å². The number of aryl methyl sites for hydroxylation is 2. The van der Waals surface area contributed by atoms with Gasteiger partial charge in [-0.3, -0.25) is 9.48 Å². The third kappa shape index (κ3) is 2.69. The van der Waals surface area contributed by atoms with E-state index < -0.39 is 0 Å². The van der Waals surface area contributed by atoms with Crippen LogP contribution in [0.25, 0.3) is 22.2 Å². The number of hydrogen-bond acceptors (Lipinski definition) is 2. The lowest BCUT2D eigenvalue weighted by atomic mass is 9.81. The number of hydrogen-bond donors (Lipinski definition) is 0. The molecule has 0 N–H and O–H groups in total. The van der Waals surface area contributed by atoms with Gasteiger partial charge in [0.1, 0.15) is 0 Å². The zero-order valence-corrected chi connectivity index (χ0v) is 18.0. The van der Waals surface area contributed by atoms with Crippen molar-refractivity contribution in [3.05, 3.63) is 77.6 Å². The van der Waals surface area contributed by atoms with Gasteiger partial charge in [-0.1, -0.05) is 36.4 Å². The summed E-state index contributed by atoms with van der Waals surface area (Å²) >= 11 is 0. The first-order valence-corrected chi connectivity index (χ1v) is 11.1. The summed E-state index contributed by atoms with van der Waals surface area (Å²) in [6, 6.07) is 18.9. The van der Waals surface area contributed by atoms with Crippen molar-refractivity contribution in [2.45, 2.75) is 37.8 Å². The van der Waals surface area contributed by atoms with Crippen molar-refractivity contribution in [1.29, 1.82) is 0 Å². The van der Waals surface area contributed by atoms with Gasteiger partial charge in [0.05, 0.1) is 17.4 Å². The van der Waals surface area contributed by atoms with E-state index in [0.717, 1.165) is 47.8 Å². The van der Waals surface area contributed by atoms with Gasteiger partial charge in [0.15, 0.2) is 0 Å². The first-order valence-electron chi connectivity index (χ1n) is 11.1.